The summed E-state index contributed by atoms with van der Waals surface area (Å²) in [4.78, 5) is 16.0. The molecular formula is C24H31N9O. The average Bonchev–Trinajstić information content (AvgIpc) is 3.38. The summed E-state index contributed by atoms with van der Waals surface area (Å²) < 4.78 is 2.00. The van der Waals surface area contributed by atoms with Crippen LogP contribution in [-0.4, -0.2) is 59.2 Å². The molecule has 3 N–H and O–H groups in total. The van der Waals surface area contributed by atoms with Crippen molar-refractivity contribution in [2.24, 2.45) is 5.41 Å². The Kier molecular flexibility index (Phi) is 5.47. The summed E-state index contributed by atoms with van der Waals surface area (Å²) in [5, 5.41) is 26.6. The molecule has 0 spiro atoms. The third-order valence-electron chi connectivity index (χ3n) is 6.50. The summed E-state index contributed by atoms with van der Waals surface area (Å²) in [7, 11) is 0. The zero-order valence-electron chi connectivity index (χ0n) is 20.2. The molecule has 1 fully saturated rings. The molecule has 1 unspecified atom stereocenters. The quantitative estimate of drug-likeness (QED) is 0.410. The van der Waals surface area contributed by atoms with Crippen LogP contribution in [0.2, 0.25) is 0 Å². The first-order valence-corrected chi connectivity index (χ1v) is 11.6. The van der Waals surface area contributed by atoms with Crippen LogP contribution in [0, 0.1) is 12.3 Å². The fraction of sp³-hybridized carbons (Fsp3) is 0.458. The summed E-state index contributed by atoms with van der Waals surface area (Å²) in [5.74, 6) is 2.00. The first-order valence-electron chi connectivity index (χ1n) is 11.6. The van der Waals surface area contributed by atoms with Crippen molar-refractivity contribution in [1.29, 1.82) is 0 Å². The molecule has 4 aromatic heterocycles. The van der Waals surface area contributed by atoms with Gasteiger partial charge in [-0.3, -0.25) is 9.78 Å². The highest BCUT2D eigenvalue weighted by molar-refractivity contribution is 5.93. The normalized spacial score (nSPS) is 18.1. The maximum absolute atomic E-state index is 10.3. The van der Waals surface area contributed by atoms with Gasteiger partial charge >= 0.3 is 0 Å². The molecule has 10 heteroatoms. The Morgan fingerprint density at radius 1 is 1.21 bits per heavy atom. The molecule has 5 heterocycles. The topological polar surface area (TPSA) is 121 Å². The molecule has 0 bridgehead atoms. The van der Waals surface area contributed by atoms with Crippen LogP contribution in [0.25, 0.3) is 22.3 Å². The number of aliphatic hydroxyl groups is 1. The van der Waals surface area contributed by atoms with E-state index in [0.29, 0.717) is 30.5 Å². The van der Waals surface area contributed by atoms with Gasteiger partial charge in [0.05, 0.1) is 23.5 Å². The minimum Gasteiger partial charge on any atom is -0.392 e. The number of hydrogen-bond donors (Lipinski definition) is 3. The second kappa shape index (κ2) is 8.35. The van der Waals surface area contributed by atoms with Crippen LogP contribution >= 0.6 is 0 Å². The van der Waals surface area contributed by atoms with Crippen molar-refractivity contribution < 1.29 is 5.11 Å². The zero-order valence-corrected chi connectivity index (χ0v) is 20.2. The van der Waals surface area contributed by atoms with Gasteiger partial charge in [0.1, 0.15) is 17.3 Å². The number of aliphatic hydroxyl groups excluding tert-OH is 1. The molecule has 0 aliphatic carbocycles. The summed E-state index contributed by atoms with van der Waals surface area (Å²) in [6, 6.07) is 4.01. The minimum atomic E-state index is -0.317. The monoisotopic (exact) mass is 461 g/mol. The van der Waals surface area contributed by atoms with Crippen molar-refractivity contribution in [2.45, 2.75) is 53.2 Å². The second-order valence-corrected chi connectivity index (χ2v) is 9.98. The van der Waals surface area contributed by atoms with E-state index in [2.05, 4.69) is 58.1 Å². The van der Waals surface area contributed by atoms with E-state index in [4.69, 9.17) is 10.1 Å². The van der Waals surface area contributed by atoms with Crippen LogP contribution in [0.3, 0.4) is 0 Å². The number of pyridine rings is 1. The fourth-order valence-electron chi connectivity index (χ4n) is 4.48. The standard InChI is InChI=1S/C24H31N9O/c1-14(2)33-17-10-20(26-12-16(17)22(31-33)21-15(3)11-27-30-21)28-19-6-8-25-23(29-19)32-9-7-18(34)24(4,5)13-32/h6,8,10-12,14,18,34H,7,9,13H2,1-5H3,(H,27,30)(H,25,26,28,29). The summed E-state index contributed by atoms with van der Waals surface area (Å²) in [6.07, 6.45) is 5.77. The maximum atomic E-state index is 10.3. The summed E-state index contributed by atoms with van der Waals surface area (Å²) in [5.41, 5.74) is 3.56. The third-order valence-corrected chi connectivity index (χ3v) is 6.50. The van der Waals surface area contributed by atoms with E-state index in [9.17, 15) is 5.11 Å². The number of fused-ring (bicyclic) bond motifs is 1. The molecule has 1 saturated heterocycles. The van der Waals surface area contributed by atoms with Gasteiger partial charge in [-0.05, 0) is 38.8 Å². The average molecular weight is 462 g/mol. The number of nitrogens with zero attached hydrogens (tertiary/aromatic N) is 7. The molecule has 34 heavy (non-hydrogen) atoms. The molecule has 0 aromatic carbocycles. The molecule has 10 nitrogen and oxygen atoms in total. The Balaban J connectivity index is 1.45. The highest BCUT2D eigenvalue weighted by Crippen LogP contribution is 2.33. The minimum absolute atomic E-state index is 0.179. The fourth-order valence-corrected chi connectivity index (χ4v) is 4.48. The van der Waals surface area contributed by atoms with Crippen molar-refractivity contribution >= 4 is 28.5 Å². The lowest BCUT2D eigenvalue weighted by atomic mass is 9.81. The summed E-state index contributed by atoms with van der Waals surface area (Å²) in [6.45, 7) is 11.8. The number of anilines is 3. The van der Waals surface area contributed by atoms with E-state index in [1.807, 2.05) is 29.9 Å². The first-order chi connectivity index (χ1) is 16.2. The lowest BCUT2D eigenvalue weighted by molar-refractivity contribution is 0.0332. The number of nitrogens with one attached hydrogen (secondary N) is 2. The zero-order chi connectivity index (χ0) is 24.0. The van der Waals surface area contributed by atoms with E-state index in [1.54, 1.807) is 12.4 Å². The third kappa shape index (κ3) is 3.98. The van der Waals surface area contributed by atoms with Gasteiger partial charge in [-0.25, -0.2) is 9.97 Å². The van der Waals surface area contributed by atoms with Gasteiger partial charge in [-0.1, -0.05) is 13.8 Å². The van der Waals surface area contributed by atoms with Crippen molar-refractivity contribution in [3.63, 3.8) is 0 Å². The molecule has 0 radical (unpaired) electrons. The lowest BCUT2D eigenvalue weighted by Gasteiger charge is -2.41. The van der Waals surface area contributed by atoms with Crippen LogP contribution in [0.4, 0.5) is 17.6 Å². The van der Waals surface area contributed by atoms with Crippen molar-refractivity contribution in [1.82, 2.24) is 34.9 Å². The van der Waals surface area contributed by atoms with Gasteiger partial charge in [-0.2, -0.15) is 15.2 Å². The Morgan fingerprint density at radius 2 is 2.03 bits per heavy atom. The van der Waals surface area contributed by atoms with Crippen LogP contribution in [0.5, 0.6) is 0 Å². The van der Waals surface area contributed by atoms with Crippen molar-refractivity contribution in [2.75, 3.05) is 23.3 Å². The highest BCUT2D eigenvalue weighted by atomic mass is 16.3. The number of rotatable bonds is 5. The molecule has 5 rings (SSSR count). The smallest absolute Gasteiger partial charge is 0.227 e. The predicted octanol–water partition coefficient (Wildman–Crippen LogP) is 3.84. The van der Waals surface area contributed by atoms with Crippen LogP contribution in [0.15, 0.2) is 30.7 Å². The van der Waals surface area contributed by atoms with Gasteiger partial charge in [0.25, 0.3) is 0 Å². The van der Waals surface area contributed by atoms with E-state index in [-0.39, 0.29) is 17.6 Å². The summed E-state index contributed by atoms with van der Waals surface area (Å²) >= 11 is 0. The van der Waals surface area contributed by atoms with Gasteiger partial charge in [0.2, 0.25) is 5.95 Å². The van der Waals surface area contributed by atoms with E-state index >= 15 is 0 Å². The molecule has 4 aromatic rings. The second-order valence-electron chi connectivity index (χ2n) is 9.98. The first kappa shape index (κ1) is 22.3. The van der Waals surface area contributed by atoms with E-state index in [0.717, 1.165) is 34.4 Å². The number of hydrogen-bond acceptors (Lipinski definition) is 8. The molecule has 1 aliphatic heterocycles. The molecule has 178 valence electrons. The van der Waals surface area contributed by atoms with E-state index < -0.39 is 0 Å². The van der Waals surface area contributed by atoms with Crippen LogP contribution < -0.4 is 10.2 Å². The number of aryl methyl sites for hydroxylation is 1. The maximum Gasteiger partial charge on any atom is 0.227 e. The number of H-pyrrole nitrogens is 1. The molecule has 0 saturated carbocycles. The van der Waals surface area contributed by atoms with Crippen LogP contribution in [-0.2, 0) is 0 Å². The predicted molar refractivity (Wildman–Crippen MR) is 132 cm³/mol. The Morgan fingerprint density at radius 3 is 2.74 bits per heavy atom. The Hall–Kier alpha value is -3.53. The Bertz CT molecular complexity index is 1320. The lowest BCUT2D eigenvalue weighted by Crippen LogP contribution is -2.49. The van der Waals surface area contributed by atoms with Crippen molar-refractivity contribution in [3.05, 3.63) is 36.3 Å². The molecular weight excluding hydrogens is 430 g/mol. The molecule has 1 aliphatic rings. The van der Waals surface area contributed by atoms with Gasteiger partial charge in [0.15, 0.2) is 0 Å². The van der Waals surface area contributed by atoms with Crippen LogP contribution in [0.1, 0.15) is 45.7 Å². The van der Waals surface area contributed by atoms with Gasteiger partial charge < -0.3 is 15.3 Å². The largest absolute Gasteiger partial charge is 0.392 e. The van der Waals surface area contributed by atoms with E-state index in [1.165, 1.54) is 0 Å². The molecule has 0 amide bonds. The number of piperidine rings is 1. The Labute approximate surface area is 198 Å². The van der Waals surface area contributed by atoms with Gasteiger partial charge in [-0.15, -0.1) is 0 Å². The van der Waals surface area contributed by atoms with Gasteiger partial charge in [0, 0.05) is 48.4 Å². The SMILES string of the molecule is Cc1cn[nH]c1-c1nn(C(C)C)c2cc(Nc3ccnc(N4CCC(O)C(C)(C)C4)n3)ncc12. The highest BCUT2D eigenvalue weighted by Gasteiger charge is 2.35. The van der Waals surface area contributed by atoms with Crippen molar-refractivity contribution in [3.8, 4) is 11.4 Å². The number of aromatic nitrogens is 7. The molecule has 1 atom stereocenters. The number of aromatic amines is 1.